The number of rotatable bonds is 4. The molecule has 4 heterocycles. The van der Waals surface area contributed by atoms with Gasteiger partial charge in [0.05, 0.1) is 24.5 Å². The van der Waals surface area contributed by atoms with E-state index in [1.807, 2.05) is 15.9 Å². The van der Waals surface area contributed by atoms with Crippen LogP contribution in [0, 0.1) is 11.3 Å². The molecule has 2 saturated heterocycles. The molecule has 2 fully saturated rings. The Hall–Kier alpha value is -3.62. The Morgan fingerprint density at radius 2 is 1.59 bits per heavy atom. The first-order valence-electron chi connectivity index (χ1n) is 11.8. The van der Waals surface area contributed by atoms with Gasteiger partial charge in [-0.25, -0.2) is 9.97 Å². The number of nitrogens with zero attached hydrogens (tertiary/aromatic N) is 7. The molecule has 0 atom stereocenters. The maximum absolute atomic E-state index is 13.5. The summed E-state index contributed by atoms with van der Waals surface area (Å²) in [6.45, 7) is 3.57. The molecule has 0 unspecified atom stereocenters. The summed E-state index contributed by atoms with van der Waals surface area (Å²) < 4.78 is 46.1. The van der Waals surface area contributed by atoms with Crippen LogP contribution in [0.3, 0.4) is 0 Å². The summed E-state index contributed by atoms with van der Waals surface area (Å²) in [4.78, 5) is 19.1. The lowest BCUT2D eigenvalue weighted by Crippen LogP contribution is -2.48. The normalized spacial score (nSPS) is 16.6. The number of nitriles is 1. The number of alkyl halides is 3. The van der Waals surface area contributed by atoms with Crippen molar-refractivity contribution in [1.82, 2.24) is 15.0 Å². The average Bonchev–Trinajstić information content (AvgIpc) is 2.92. The number of hydrogen-bond donors (Lipinski definition) is 0. The van der Waals surface area contributed by atoms with Crippen LogP contribution in [0.1, 0.15) is 11.1 Å². The molecule has 5 rings (SSSR count). The second-order valence-corrected chi connectivity index (χ2v) is 9.08. The number of ether oxygens (including phenoxy) is 1. The second kappa shape index (κ2) is 10.4. The van der Waals surface area contributed by atoms with Gasteiger partial charge >= 0.3 is 6.18 Å². The van der Waals surface area contributed by atoms with Crippen molar-refractivity contribution in [3.8, 4) is 17.3 Å². The van der Waals surface area contributed by atoms with Gasteiger partial charge in [-0.3, -0.25) is 0 Å². The van der Waals surface area contributed by atoms with Crippen LogP contribution < -0.4 is 14.7 Å². The van der Waals surface area contributed by atoms with E-state index in [1.165, 1.54) is 12.3 Å². The SMILES string of the molecule is N#Cc1c(-c2cccc(Cl)c2)nc(N2CCOCC2)nc1N1CCN(c2ncccc2C(F)(F)F)CC1. The smallest absolute Gasteiger partial charge is 0.378 e. The molecule has 2 aliphatic heterocycles. The van der Waals surface area contributed by atoms with Gasteiger partial charge in [0, 0.05) is 56.1 Å². The third-order valence-corrected chi connectivity index (χ3v) is 6.59. The lowest BCUT2D eigenvalue weighted by atomic mass is 10.1. The third kappa shape index (κ3) is 5.26. The minimum Gasteiger partial charge on any atom is -0.378 e. The van der Waals surface area contributed by atoms with E-state index in [2.05, 4.69) is 11.1 Å². The monoisotopic (exact) mass is 529 g/mol. The van der Waals surface area contributed by atoms with E-state index < -0.39 is 11.7 Å². The predicted octanol–water partition coefficient (Wildman–Crippen LogP) is 4.25. The van der Waals surface area contributed by atoms with Crippen molar-refractivity contribution < 1.29 is 17.9 Å². The zero-order valence-corrected chi connectivity index (χ0v) is 20.5. The molecule has 0 saturated carbocycles. The van der Waals surface area contributed by atoms with Crippen LogP contribution in [0.5, 0.6) is 0 Å². The van der Waals surface area contributed by atoms with Gasteiger partial charge in [0.2, 0.25) is 5.95 Å². The van der Waals surface area contributed by atoms with E-state index in [9.17, 15) is 18.4 Å². The largest absolute Gasteiger partial charge is 0.419 e. The van der Waals surface area contributed by atoms with Gasteiger partial charge in [-0.15, -0.1) is 0 Å². The van der Waals surface area contributed by atoms with Crippen LogP contribution >= 0.6 is 11.6 Å². The fraction of sp³-hybridized carbons (Fsp3) is 0.360. The lowest BCUT2D eigenvalue weighted by molar-refractivity contribution is -0.137. The van der Waals surface area contributed by atoms with Crippen molar-refractivity contribution in [2.24, 2.45) is 0 Å². The maximum atomic E-state index is 13.5. The summed E-state index contributed by atoms with van der Waals surface area (Å²) in [5.74, 6) is 0.830. The molecule has 8 nitrogen and oxygen atoms in total. The molecular weight excluding hydrogens is 507 g/mol. The van der Waals surface area contributed by atoms with Gasteiger partial charge < -0.3 is 19.4 Å². The molecule has 0 radical (unpaired) electrons. The number of aromatic nitrogens is 3. The highest BCUT2D eigenvalue weighted by molar-refractivity contribution is 6.30. The van der Waals surface area contributed by atoms with Crippen LogP contribution in [0.25, 0.3) is 11.3 Å². The van der Waals surface area contributed by atoms with E-state index in [1.54, 1.807) is 23.1 Å². The average molecular weight is 530 g/mol. The Kier molecular flexibility index (Phi) is 7.04. The van der Waals surface area contributed by atoms with Crippen LogP contribution in [0.15, 0.2) is 42.6 Å². The van der Waals surface area contributed by atoms with Crippen molar-refractivity contribution in [1.29, 1.82) is 5.26 Å². The quantitative estimate of drug-likeness (QED) is 0.496. The molecule has 0 aliphatic carbocycles. The minimum absolute atomic E-state index is 0.0912. The summed E-state index contributed by atoms with van der Waals surface area (Å²) in [6, 6.07) is 11.7. The number of halogens is 4. The zero-order valence-electron chi connectivity index (χ0n) is 19.7. The van der Waals surface area contributed by atoms with Crippen molar-refractivity contribution in [2.45, 2.75) is 6.18 Å². The lowest BCUT2D eigenvalue weighted by Gasteiger charge is -2.37. The molecule has 3 aromatic rings. The highest BCUT2D eigenvalue weighted by atomic mass is 35.5. The van der Waals surface area contributed by atoms with Crippen LogP contribution in [-0.2, 0) is 10.9 Å². The molecule has 2 aliphatic rings. The number of morpholine rings is 1. The molecular formula is C25H23ClF3N7O. The summed E-state index contributed by atoms with van der Waals surface area (Å²) in [5, 5.41) is 10.7. The Labute approximate surface area is 216 Å². The molecule has 2 aromatic heterocycles. The number of anilines is 3. The summed E-state index contributed by atoms with van der Waals surface area (Å²) in [7, 11) is 0. The number of hydrogen-bond acceptors (Lipinski definition) is 8. The predicted molar refractivity (Wildman–Crippen MR) is 134 cm³/mol. The topological polar surface area (TPSA) is 81.4 Å². The van der Waals surface area contributed by atoms with Gasteiger partial charge in [-0.1, -0.05) is 23.7 Å². The Morgan fingerprint density at radius 1 is 0.892 bits per heavy atom. The second-order valence-electron chi connectivity index (χ2n) is 8.64. The fourth-order valence-corrected chi connectivity index (χ4v) is 4.71. The first-order valence-corrected chi connectivity index (χ1v) is 12.2. The van der Waals surface area contributed by atoms with E-state index >= 15 is 0 Å². The van der Waals surface area contributed by atoms with Crippen LogP contribution in [-0.4, -0.2) is 67.4 Å². The van der Waals surface area contributed by atoms with Crippen LogP contribution in [0.2, 0.25) is 5.02 Å². The van der Waals surface area contributed by atoms with Crippen molar-refractivity contribution >= 4 is 29.2 Å². The standard InChI is InChI=1S/C25H23ClF3N7O/c26-18-4-1-3-17(15-18)21-19(16-30)22(33-24(32-21)36-11-13-37-14-12-36)34-7-9-35(10-8-34)23-20(25(27,28)29)5-2-6-31-23/h1-6,15H,7-14H2. The van der Waals surface area contributed by atoms with Crippen LogP contribution in [0.4, 0.5) is 30.8 Å². The first kappa shape index (κ1) is 25.0. The molecule has 0 N–H and O–H groups in total. The molecule has 0 bridgehead atoms. The van der Waals surface area contributed by atoms with Gasteiger partial charge in [-0.2, -0.15) is 23.4 Å². The van der Waals surface area contributed by atoms with Gasteiger partial charge in [0.15, 0.2) is 5.82 Å². The number of piperazine rings is 1. The molecule has 12 heteroatoms. The van der Waals surface area contributed by atoms with Crippen molar-refractivity contribution in [2.75, 3.05) is 67.2 Å². The molecule has 1 aromatic carbocycles. The van der Waals surface area contributed by atoms with E-state index in [-0.39, 0.29) is 18.9 Å². The zero-order chi connectivity index (χ0) is 26.0. The number of benzene rings is 1. The fourth-order valence-electron chi connectivity index (χ4n) is 4.52. The number of pyridine rings is 1. The maximum Gasteiger partial charge on any atom is 0.419 e. The highest BCUT2D eigenvalue weighted by Crippen LogP contribution is 2.36. The van der Waals surface area contributed by atoms with Gasteiger partial charge in [0.1, 0.15) is 17.5 Å². The Morgan fingerprint density at radius 3 is 2.24 bits per heavy atom. The van der Waals surface area contributed by atoms with Gasteiger partial charge in [-0.05, 0) is 24.3 Å². The van der Waals surface area contributed by atoms with E-state index in [0.29, 0.717) is 73.0 Å². The molecule has 0 spiro atoms. The van der Waals surface area contributed by atoms with E-state index in [4.69, 9.17) is 26.3 Å². The van der Waals surface area contributed by atoms with Crippen molar-refractivity contribution in [3.05, 3.63) is 58.7 Å². The Bertz CT molecular complexity index is 1320. The highest BCUT2D eigenvalue weighted by Gasteiger charge is 2.36. The van der Waals surface area contributed by atoms with E-state index in [0.717, 1.165) is 6.07 Å². The molecule has 0 amide bonds. The summed E-state index contributed by atoms with van der Waals surface area (Å²) in [5.41, 5.74) is 0.676. The summed E-state index contributed by atoms with van der Waals surface area (Å²) >= 11 is 6.23. The third-order valence-electron chi connectivity index (χ3n) is 6.35. The molecule has 37 heavy (non-hydrogen) atoms. The Balaban J connectivity index is 1.50. The molecule has 192 valence electrons. The van der Waals surface area contributed by atoms with Crippen molar-refractivity contribution in [3.63, 3.8) is 0 Å². The summed E-state index contributed by atoms with van der Waals surface area (Å²) in [6.07, 6.45) is -3.14. The minimum atomic E-state index is -4.50. The van der Waals surface area contributed by atoms with Gasteiger partial charge in [0.25, 0.3) is 0 Å². The first-order chi connectivity index (χ1) is 17.8.